The van der Waals surface area contributed by atoms with Gasteiger partial charge in [0, 0.05) is 45.8 Å². The summed E-state index contributed by atoms with van der Waals surface area (Å²) in [5, 5.41) is 2.05. The number of fused-ring (bicyclic) bond motifs is 1. The molecule has 1 aliphatic rings. The van der Waals surface area contributed by atoms with Crippen LogP contribution < -0.4 is 11.1 Å². The maximum Gasteiger partial charge on any atom is 0.261 e. The maximum atomic E-state index is 13.9. The fourth-order valence-corrected chi connectivity index (χ4v) is 6.17. The lowest BCUT2D eigenvalue weighted by molar-refractivity contribution is -0.154. The van der Waals surface area contributed by atoms with Gasteiger partial charge in [-0.2, -0.15) is 0 Å². The number of benzene rings is 1. The Balaban J connectivity index is 1.89. The average Bonchev–Trinajstić information content (AvgIpc) is 3.19. The van der Waals surface area contributed by atoms with Gasteiger partial charge < -0.3 is 11.1 Å². The standard InChI is InChI=1S/C30H37N5O6S/c1-19(2)16-24(31)28(40)35(30(29(41)32-4,42-20(3)36)17-21-10-9-14-33-18-21)25(37)13-7-8-15-34-26(38)22-11-5-6-12-23(22)27(34)39/h5-6,9-12,14,18-19,24H,7-8,13,15-17,31H2,1-4H3,(H,32,41)/t24-,30+/m0/s1. The van der Waals surface area contributed by atoms with Crippen LogP contribution in [0.3, 0.4) is 0 Å². The van der Waals surface area contributed by atoms with Crippen molar-refractivity contribution in [3.8, 4) is 0 Å². The fourth-order valence-electron chi connectivity index (χ4n) is 4.98. The van der Waals surface area contributed by atoms with Crippen LogP contribution in [0.2, 0.25) is 0 Å². The maximum absolute atomic E-state index is 13.9. The number of carbonyl (C=O) groups excluding carboxylic acids is 6. The molecule has 3 rings (SSSR count). The lowest BCUT2D eigenvalue weighted by Gasteiger charge is -2.41. The van der Waals surface area contributed by atoms with Crippen LogP contribution in [-0.2, 0) is 25.6 Å². The van der Waals surface area contributed by atoms with Crippen molar-refractivity contribution >= 4 is 46.4 Å². The molecular weight excluding hydrogens is 558 g/mol. The first kappa shape index (κ1) is 32.6. The highest BCUT2D eigenvalue weighted by atomic mass is 32.2. The lowest BCUT2D eigenvalue weighted by atomic mass is 9.99. The van der Waals surface area contributed by atoms with E-state index in [1.165, 1.54) is 20.2 Å². The Morgan fingerprint density at radius 1 is 1.05 bits per heavy atom. The number of carbonyl (C=O) groups is 6. The van der Waals surface area contributed by atoms with E-state index in [1.54, 1.807) is 42.6 Å². The summed E-state index contributed by atoms with van der Waals surface area (Å²) in [6.45, 7) is 5.10. The van der Waals surface area contributed by atoms with Crippen molar-refractivity contribution in [2.45, 2.75) is 63.8 Å². The predicted molar refractivity (Wildman–Crippen MR) is 158 cm³/mol. The van der Waals surface area contributed by atoms with Crippen molar-refractivity contribution in [2.24, 2.45) is 11.7 Å². The molecule has 5 amide bonds. The van der Waals surface area contributed by atoms with Crippen molar-refractivity contribution in [3.05, 3.63) is 65.5 Å². The molecule has 1 aliphatic heterocycles. The molecule has 1 aromatic carbocycles. The summed E-state index contributed by atoms with van der Waals surface area (Å²) >= 11 is 0.581. The molecule has 0 aliphatic carbocycles. The van der Waals surface area contributed by atoms with Gasteiger partial charge in [-0.05, 0) is 60.7 Å². The first-order valence-corrected chi connectivity index (χ1v) is 14.6. The Morgan fingerprint density at radius 2 is 1.69 bits per heavy atom. The van der Waals surface area contributed by atoms with E-state index in [2.05, 4.69) is 10.3 Å². The summed E-state index contributed by atoms with van der Waals surface area (Å²) in [5.41, 5.74) is 7.47. The number of pyridine rings is 1. The zero-order valence-corrected chi connectivity index (χ0v) is 25.1. The van der Waals surface area contributed by atoms with Gasteiger partial charge in [-0.25, -0.2) is 0 Å². The normalized spacial score (nSPS) is 14.8. The van der Waals surface area contributed by atoms with E-state index >= 15 is 0 Å². The van der Waals surface area contributed by atoms with Crippen LogP contribution in [0.25, 0.3) is 0 Å². The van der Waals surface area contributed by atoms with E-state index in [1.807, 2.05) is 13.8 Å². The van der Waals surface area contributed by atoms with Crippen molar-refractivity contribution in [3.63, 3.8) is 0 Å². The topological polar surface area (TPSA) is 160 Å². The SMILES string of the molecule is CNC(=O)[C@@](Cc1cccnc1)(SC(C)=O)N(C(=O)CCCCN1C(=O)c2ccccc2C1=O)C(=O)[C@@H](N)CC(C)C. The second kappa shape index (κ2) is 14.3. The Morgan fingerprint density at radius 3 is 2.21 bits per heavy atom. The summed E-state index contributed by atoms with van der Waals surface area (Å²) in [6.07, 6.45) is 3.43. The monoisotopic (exact) mass is 595 g/mol. The molecule has 0 unspecified atom stereocenters. The van der Waals surface area contributed by atoms with E-state index in [4.69, 9.17) is 5.73 Å². The molecule has 1 aromatic heterocycles. The summed E-state index contributed by atoms with van der Waals surface area (Å²) in [4.78, 5) is 83.4. The molecule has 42 heavy (non-hydrogen) atoms. The molecular formula is C30H37N5O6S. The number of amides is 5. The number of likely N-dealkylation sites (N-methyl/N-ethyl adjacent to an activating group) is 1. The third-order valence-electron chi connectivity index (χ3n) is 6.84. The van der Waals surface area contributed by atoms with Crippen LogP contribution in [0.5, 0.6) is 0 Å². The Kier molecular flexibility index (Phi) is 11.1. The van der Waals surface area contributed by atoms with Gasteiger partial charge >= 0.3 is 0 Å². The van der Waals surface area contributed by atoms with Crippen molar-refractivity contribution < 1.29 is 28.8 Å². The van der Waals surface area contributed by atoms with E-state index in [0.29, 0.717) is 28.5 Å². The highest BCUT2D eigenvalue weighted by Gasteiger charge is 2.52. The molecule has 0 fully saturated rings. The highest BCUT2D eigenvalue weighted by Crippen LogP contribution is 2.36. The molecule has 3 N–H and O–H groups in total. The smallest absolute Gasteiger partial charge is 0.261 e. The first-order valence-electron chi connectivity index (χ1n) is 13.8. The number of hydrogen-bond donors (Lipinski definition) is 2. The Hall–Kier alpha value is -3.90. The summed E-state index contributed by atoms with van der Waals surface area (Å²) in [7, 11) is 1.37. The van der Waals surface area contributed by atoms with Gasteiger partial charge in [-0.3, -0.25) is 43.6 Å². The van der Waals surface area contributed by atoms with Crippen molar-refractivity contribution in [1.29, 1.82) is 0 Å². The number of imide groups is 2. The van der Waals surface area contributed by atoms with Crippen LogP contribution in [0.1, 0.15) is 72.7 Å². The highest BCUT2D eigenvalue weighted by molar-refractivity contribution is 8.15. The summed E-state index contributed by atoms with van der Waals surface area (Å²) in [5.74, 6) is -2.94. The minimum Gasteiger partial charge on any atom is -0.356 e. The molecule has 224 valence electrons. The first-order chi connectivity index (χ1) is 19.9. The zero-order valence-electron chi connectivity index (χ0n) is 24.3. The van der Waals surface area contributed by atoms with Gasteiger partial charge in [0.2, 0.25) is 11.8 Å². The zero-order chi connectivity index (χ0) is 31.0. The van der Waals surface area contributed by atoms with Crippen LogP contribution >= 0.6 is 11.8 Å². The van der Waals surface area contributed by atoms with Gasteiger partial charge in [0.05, 0.1) is 17.2 Å². The predicted octanol–water partition coefficient (Wildman–Crippen LogP) is 2.54. The van der Waals surface area contributed by atoms with Crippen LogP contribution in [0, 0.1) is 5.92 Å². The van der Waals surface area contributed by atoms with Crippen LogP contribution in [0.4, 0.5) is 0 Å². The fraction of sp³-hybridized carbons (Fsp3) is 0.433. The second-order valence-electron chi connectivity index (χ2n) is 10.6. The largest absolute Gasteiger partial charge is 0.356 e. The number of rotatable bonds is 13. The molecule has 11 nitrogen and oxygen atoms in total. The van der Waals surface area contributed by atoms with Crippen molar-refractivity contribution in [1.82, 2.24) is 20.1 Å². The summed E-state index contributed by atoms with van der Waals surface area (Å²) in [6, 6.07) is 8.80. The third-order valence-corrected chi connectivity index (χ3v) is 7.97. The molecule has 12 heteroatoms. The van der Waals surface area contributed by atoms with Gasteiger partial charge in [-0.1, -0.05) is 32.0 Å². The molecule has 0 saturated heterocycles. The minimum atomic E-state index is -1.96. The lowest BCUT2D eigenvalue weighted by Crippen LogP contribution is -2.64. The quantitative estimate of drug-likeness (QED) is 0.201. The van der Waals surface area contributed by atoms with Gasteiger partial charge in [0.25, 0.3) is 17.7 Å². The van der Waals surface area contributed by atoms with Crippen LogP contribution in [0.15, 0.2) is 48.8 Å². The summed E-state index contributed by atoms with van der Waals surface area (Å²) < 4.78 is 0. The molecule has 2 heterocycles. The molecule has 0 radical (unpaired) electrons. The molecule has 2 atom stereocenters. The number of aromatic nitrogens is 1. The molecule has 2 aromatic rings. The Bertz CT molecular complexity index is 1320. The molecule has 0 saturated carbocycles. The number of unbranched alkanes of at least 4 members (excludes halogenated alkanes) is 1. The van der Waals surface area contributed by atoms with Gasteiger partial charge in [0.1, 0.15) is 0 Å². The van der Waals surface area contributed by atoms with Gasteiger partial charge in [-0.15, -0.1) is 0 Å². The number of nitrogens with zero attached hydrogens (tertiary/aromatic N) is 3. The molecule has 0 bridgehead atoms. The van der Waals surface area contributed by atoms with E-state index in [0.717, 1.165) is 9.80 Å². The Labute approximate surface area is 249 Å². The van der Waals surface area contributed by atoms with Crippen molar-refractivity contribution in [2.75, 3.05) is 13.6 Å². The number of thioether (sulfide) groups is 1. The number of hydrogen-bond acceptors (Lipinski definition) is 9. The minimum absolute atomic E-state index is 0.0220. The third kappa shape index (κ3) is 7.29. The van der Waals surface area contributed by atoms with E-state index in [-0.39, 0.29) is 44.6 Å². The van der Waals surface area contributed by atoms with E-state index in [9.17, 15) is 28.8 Å². The second-order valence-corrected chi connectivity index (χ2v) is 12.0. The van der Waals surface area contributed by atoms with E-state index < -0.39 is 45.6 Å². The number of nitrogens with two attached hydrogens (primary N) is 1. The molecule has 0 spiro atoms. The van der Waals surface area contributed by atoms with Crippen LogP contribution in [-0.4, -0.2) is 73.9 Å². The number of nitrogens with one attached hydrogen (secondary N) is 1. The van der Waals surface area contributed by atoms with Gasteiger partial charge in [0.15, 0.2) is 9.99 Å². The average molecular weight is 596 g/mol.